The van der Waals surface area contributed by atoms with Crippen molar-refractivity contribution in [2.24, 2.45) is 0 Å². The topological polar surface area (TPSA) is 61.8 Å². The van der Waals surface area contributed by atoms with Crippen molar-refractivity contribution in [3.05, 3.63) is 24.3 Å². The Morgan fingerprint density at radius 3 is 1.07 bits per heavy atom. The van der Waals surface area contributed by atoms with E-state index in [1.807, 2.05) is 0 Å². The fourth-order valence-electron chi connectivity index (χ4n) is 7.90. The van der Waals surface area contributed by atoms with Gasteiger partial charge in [0.1, 0.15) is 6.61 Å². The third-order valence-corrected chi connectivity index (χ3v) is 12.0. The van der Waals surface area contributed by atoms with Crippen molar-refractivity contribution >= 4 is 11.9 Å². The summed E-state index contributed by atoms with van der Waals surface area (Å²) in [7, 11) is 0. The van der Waals surface area contributed by atoms with Crippen molar-refractivity contribution in [1.82, 2.24) is 0 Å². The molecule has 354 valence electrons. The maximum Gasteiger partial charge on any atom is 0.306 e. The van der Waals surface area contributed by atoms with Gasteiger partial charge in [-0.1, -0.05) is 238 Å². The third-order valence-electron chi connectivity index (χ3n) is 12.0. The van der Waals surface area contributed by atoms with Gasteiger partial charge in [-0.25, -0.2) is 0 Å². The lowest BCUT2D eigenvalue weighted by Crippen LogP contribution is -2.30. The first kappa shape index (κ1) is 58.4. The van der Waals surface area contributed by atoms with Gasteiger partial charge in [0.2, 0.25) is 0 Å². The Morgan fingerprint density at radius 2 is 0.667 bits per heavy atom. The normalized spacial score (nSPS) is 12.2. The van der Waals surface area contributed by atoms with Gasteiger partial charge in [0.15, 0.2) is 6.10 Å². The lowest BCUT2D eigenvalue weighted by atomic mass is 10.0. The minimum atomic E-state index is -0.535. The van der Waals surface area contributed by atoms with Gasteiger partial charge in [-0.05, 0) is 64.2 Å². The molecule has 0 saturated heterocycles. The van der Waals surface area contributed by atoms with Crippen LogP contribution in [-0.2, 0) is 23.8 Å². The van der Waals surface area contributed by atoms with Crippen LogP contribution < -0.4 is 0 Å². The molecule has 0 aromatic heterocycles. The molecule has 0 aromatic rings. The fourth-order valence-corrected chi connectivity index (χ4v) is 7.90. The summed E-state index contributed by atoms with van der Waals surface area (Å²) in [5.41, 5.74) is 0. The second kappa shape index (κ2) is 51.7. The summed E-state index contributed by atoms with van der Waals surface area (Å²) in [6, 6.07) is 0. The van der Waals surface area contributed by atoms with E-state index >= 15 is 0 Å². The van der Waals surface area contributed by atoms with Crippen molar-refractivity contribution in [2.75, 3.05) is 19.8 Å². The maximum atomic E-state index is 12.8. The number of allylic oxidation sites excluding steroid dienone is 4. The molecule has 0 spiro atoms. The van der Waals surface area contributed by atoms with E-state index < -0.39 is 6.10 Å². The Kier molecular flexibility index (Phi) is 50.3. The summed E-state index contributed by atoms with van der Waals surface area (Å²) in [5.74, 6) is -0.396. The fraction of sp³-hybridized carbons (Fsp3) is 0.891. The maximum absolute atomic E-state index is 12.8. The molecule has 0 rings (SSSR count). The van der Waals surface area contributed by atoms with E-state index in [1.165, 1.54) is 212 Å². The molecule has 5 nitrogen and oxygen atoms in total. The van der Waals surface area contributed by atoms with Crippen molar-refractivity contribution in [3.63, 3.8) is 0 Å². The smallest absolute Gasteiger partial charge is 0.306 e. The van der Waals surface area contributed by atoms with Crippen LogP contribution in [0.2, 0.25) is 0 Å². The lowest BCUT2D eigenvalue weighted by Gasteiger charge is -2.18. The first-order chi connectivity index (χ1) is 29.6. The molecule has 0 aliphatic carbocycles. The quantitative estimate of drug-likeness (QED) is 0.0347. The predicted octanol–water partition coefficient (Wildman–Crippen LogP) is 18.0. The lowest BCUT2D eigenvalue weighted by molar-refractivity contribution is -0.163. The number of unbranched alkanes of at least 4 members (excludes halogenated alkanes) is 35. The molecular weight excluding hydrogens is 741 g/mol. The van der Waals surface area contributed by atoms with Crippen LogP contribution in [0.1, 0.15) is 290 Å². The first-order valence-electron chi connectivity index (χ1n) is 26.9. The molecule has 0 aliphatic heterocycles. The van der Waals surface area contributed by atoms with E-state index in [0.29, 0.717) is 26.1 Å². The summed E-state index contributed by atoms with van der Waals surface area (Å²) in [5, 5.41) is 0. The van der Waals surface area contributed by atoms with Crippen LogP contribution in [0.15, 0.2) is 24.3 Å². The SMILES string of the molecule is CCCC/C=C\CCCCCCCC(=O)OC[C@@H](COCCCCCCCCCCCCCCCCCC)OC(=O)CCCCCCCCC/C=C\CCCCCCCC. The van der Waals surface area contributed by atoms with Crippen molar-refractivity contribution in [3.8, 4) is 0 Å². The molecule has 0 fully saturated rings. The Labute approximate surface area is 375 Å². The van der Waals surface area contributed by atoms with Gasteiger partial charge < -0.3 is 14.2 Å². The molecule has 5 heteroatoms. The zero-order valence-corrected chi connectivity index (χ0v) is 40.7. The number of ether oxygens (including phenoxy) is 3. The van der Waals surface area contributed by atoms with E-state index in [9.17, 15) is 9.59 Å². The molecule has 0 unspecified atom stereocenters. The summed E-state index contributed by atoms with van der Waals surface area (Å²) in [4.78, 5) is 25.4. The summed E-state index contributed by atoms with van der Waals surface area (Å²) < 4.78 is 17.4. The Morgan fingerprint density at radius 1 is 0.350 bits per heavy atom. The molecule has 0 aromatic carbocycles. The van der Waals surface area contributed by atoms with Crippen LogP contribution in [0.4, 0.5) is 0 Å². The number of hydrogen-bond acceptors (Lipinski definition) is 5. The third kappa shape index (κ3) is 49.0. The van der Waals surface area contributed by atoms with E-state index in [2.05, 4.69) is 45.1 Å². The predicted molar refractivity (Wildman–Crippen MR) is 261 cm³/mol. The Balaban J connectivity index is 4.21. The number of carbonyl (C=O) groups is 2. The van der Waals surface area contributed by atoms with E-state index in [1.54, 1.807) is 0 Å². The summed E-state index contributed by atoms with van der Waals surface area (Å²) in [6.45, 7) is 7.83. The Bertz CT molecular complexity index is 913. The van der Waals surface area contributed by atoms with Gasteiger partial charge in [0, 0.05) is 19.4 Å². The largest absolute Gasteiger partial charge is 0.462 e. The van der Waals surface area contributed by atoms with Crippen LogP contribution in [0.3, 0.4) is 0 Å². The monoisotopic (exact) mass is 845 g/mol. The van der Waals surface area contributed by atoms with Gasteiger partial charge in [0.25, 0.3) is 0 Å². The molecule has 60 heavy (non-hydrogen) atoms. The van der Waals surface area contributed by atoms with Crippen LogP contribution >= 0.6 is 0 Å². The molecule has 0 radical (unpaired) electrons. The molecule has 1 atom stereocenters. The average molecular weight is 845 g/mol. The summed E-state index contributed by atoms with van der Waals surface area (Å²) >= 11 is 0. The molecule has 0 aliphatic rings. The highest BCUT2D eigenvalue weighted by molar-refractivity contribution is 5.70. The van der Waals surface area contributed by atoms with E-state index in [-0.39, 0.29) is 18.5 Å². The van der Waals surface area contributed by atoms with Crippen molar-refractivity contribution in [2.45, 2.75) is 297 Å². The molecular formula is C55H104O5. The second-order valence-corrected chi connectivity index (χ2v) is 18.1. The molecule has 0 heterocycles. The standard InChI is InChI=1S/C55H104O5/c1-4-7-10-13-16-19-22-24-26-28-29-31-34-37-40-43-46-49-55(57)60-53(52-59-54(56)48-45-42-39-36-33-21-18-15-12-9-6-3)51-58-50-47-44-41-38-35-32-30-27-25-23-20-17-14-11-8-5-2/h15,18,24,26,53H,4-14,16-17,19-23,25,27-52H2,1-3H3/b18-15-,26-24-/t53-/m1/s1. The average Bonchev–Trinajstić information content (AvgIpc) is 3.25. The molecule has 0 N–H and O–H groups in total. The zero-order valence-electron chi connectivity index (χ0n) is 40.7. The Hall–Kier alpha value is -1.62. The van der Waals surface area contributed by atoms with Crippen LogP contribution in [0, 0.1) is 0 Å². The van der Waals surface area contributed by atoms with Gasteiger partial charge >= 0.3 is 11.9 Å². The van der Waals surface area contributed by atoms with Crippen LogP contribution in [0.5, 0.6) is 0 Å². The summed E-state index contributed by atoms with van der Waals surface area (Å²) in [6.07, 6.45) is 60.4. The van der Waals surface area contributed by atoms with Crippen LogP contribution in [-0.4, -0.2) is 37.9 Å². The first-order valence-corrected chi connectivity index (χ1v) is 26.9. The highest BCUT2D eigenvalue weighted by atomic mass is 16.6. The highest BCUT2D eigenvalue weighted by Gasteiger charge is 2.17. The molecule has 0 bridgehead atoms. The van der Waals surface area contributed by atoms with Crippen molar-refractivity contribution in [1.29, 1.82) is 0 Å². The molecule has 0 saturated carbocycles. The van der Waals surface area contributed by atoms with Gasteiger partial charge in [-0.3, -0.25) is 9.59 Å². The molecule has 0 amide bonds. The number of hydrogen-bond donors (Lipinski definition) is 0. The van der Waals surface area contributed by atoms with Gasteiger partial charge in [0.05, 0.1) is 6.61 Å². The second-order valence-electron chi connectivity index (χ2n) is 18.1. The van der Waals surface area contributed by atoms with Crippen molar-refractivity contribution < 1.29 is 23.8 Å². The van der Waals surface area contributed by atoms with Gasteiger partial charge in [-0.15, -0.1) is 0 Å². The van der Waals surface area contributed by atoms with E-state index in [0.717, 1.165) is 44.9 Å². The number of carbonyl (C=O) groups excluding carboxylic acids is 2. The zero-order chi connectivity index (χ0) is 43.5. The minimum absolute atomic E-state index is 0.0855. The van der Waals surface area contributed by atoms with Crippen LogP contribution in [0.25, 0.3) is 0 Å². The number of rotatable bonds is 50. The van der Waals surface area contributed by atoms with E-state index in [4.69, 9.17) is 14.2 Å². The van der Waals surface area contributed by atoms with Gasteiger partial charge in [-0.2, -0.15) is 0 Å². The minimum Gasteiger partial charge on any atom is -0.462 e. The highest BCUT2D eigenvalue weighted by Crippen LogP contribution is 2.16. The number of esters is 2.